The van der Waals surface area contributed by atoms with Crippen LogP contribution < -0.4 is 9.62 Å². The topological polar surface area (TPSA) is 75.4 Å². The molecule has 0 unspecified atom stereocenters. The molecule has 9 heteroatoms. The smallest absolute Gasteiger partial charge is 0.298 e. The molecule has 6 nitrogen and oxygen atoms in total. The number of benzene rings is 2. The summed E-state index contributed by atoms with van der Waals surface area (Å²) in [5.74, 6) is -2.12. The van der Waals surface area contributed by atoms with E-state index in [1.165, 1.54) is 0 Å². The molecule has 4 rings (SSSR count). The molecule has 0 saturated carbocycles. The first-order chi connectivity index (χ1) is 13.4. The second kappa shape index (κ2) is 7.48. The Kier molecular flexibility index (Phi) is 5.03. The largest absolute Gasteiger partial charge is 0.423 e. The van der Waals surface area contributed by atoms with Crippen molar-refractivity contribution in [1.82, 2.24) is 9.71 Å². The van der Waals surface area contributed by atoms with Crippen molar-refractivity contribution >= 4 is 27.1 Å². The summed E-state index contributed by atoms with van der Waals surface area (Å²) in [6, 6.07) is 10.7. The quantitative estimate of drug-likeness (QED) is 0.702. The van der Waals surface area contributed by atoms with Gasteiger partial charge in [-0.25, -0.2) is 21.9 Å². The molecule has 0 amide bonds. The predicted octanol–water partition coefficient (Wildman–Crippen LogP) is 3.30. The zero-order chi connectivity index (χ0) is 19.7. The number of fused-ring (bicyclic) bond motifs is 1. The van der Waals surface area contributed by atoms with Crippen LogP contribution in [0.4, 0.5) is 14.8 Å². The fraction of sp³-hybridized carbons (Fsp3) is 0.316. The number of anilines is 1. The summed E-state index contributed by atoms with van der Waals surface area (Å²) in [4.78, 5) is 6.24. The molecule has 0 spiro atoms. The minimum absolute atomic E-state index is 0.140. The number of nitrogens with one attached hydrogen (secondary N) is 1. The molecule has 148 valence electrons. The lowest BCUT2D eigenvalue weighted by molar-refractivity contribution is 0.387. The second-order valence-electron chi connectivity index (χ2n) is 6.82. The number of aromatic nitrogens is 1. The van der Waals surface area contributed by atoms with Gasteiger partial charge in [0.05, 0.1) is 4.90 Å². The zero-order valence-electron chi connectivity index (χ0n) is 14.9. The van der Waals surface area contributed by atoms with E-state index in [4.69, 9.17) is 4.42 Å². The van der Waals surface area contributed by atoms with Crippen molar-refractivity contribution in [1.29, 1.82) is 0 Å². The Labute approximate surface area is 161 Å². The van der Waals surface area contributed by atoms with Gasteiger partial charge in [0.2, 0.25) is 10.0 Å². The van der Waals surface area contributed by atoms with Gasteiger partial charge in [0.1, 0.15) is 5.52 Å². The molecule has 3 aromatic rings. The summed E-state index contributed by atoms with van der Waals surface area (Å²) in [6.45, 7) is 1.64. The van der Waals surface area contributed by atoms with Crippen molar-refractivity contribution in [2.75, 3.05) is 24.5 Å². The molecule has 2 aromatic carbocycles. The molecule has 1 N–H and O–H groups in total. The standard InChI is InChI=1S/C19H19F2N3O3S/c20-15-6-5-14(11-16(15)21)28(25,26)22-12-13-7-9-24(10-8-13)19-23-17-3-1-2-4-18(17)27-19/h1-6,11,13,22H,7-10,12H2. The lowest BCUT2D eigenvalue weighted by atomic mass is 9.97. The third-order valence-corrected chi connectivity index (χ3v) is 6.35. The van der Waals surface area contributed by atoms with Gasteiger partial charge in [-0.2, -0.15) is 4.98 Å². The Morgan fingerprint density at radius 3 is 2.57 bits per heavy atom. The molecule has 0 atom stereocenters. The van der Waals surface area contributed by atoms with E-state index in [1.54, 1.807) is 0 Å². The number of piperidine rings is 1. The van der Waals surface area contributed by atoms with Gasteiger partial charge < -0.3 is 9.32 Å². The van der Waals surface area contributed by atoms with Crippen molar-refractivity contribution < 1.29 is 21.6 Å². The average molecular weight is 407 g/mol. The maximum atomic E-state index is 13.3. The maximum Gasteiger partial charge on any atom is 0.298 e. The van der Waals surface area contributed by atoms with Gasteiger partial charge in [-0.05, 0) is 49.1 Å². The lowest BCUT2D eigenvalue weighted by Gasteiger charge is -2.30. The highest BCUT2D eigenvalue weighted by Crippen LogP contribution is 2.26. The fourth-order valence-corrected chi connectivity index (χ4v) is 4.41. The highest BCUT2D eigenvalue weighted by Gasteiger charge is 2.25. The summed E-state index contributed by atoms with van der Waals surface area (Å²) in [6.07, 6.45) is 1.53. The number of halogens is 2. The van der Waals surface area contributed by atoms with Crippen LogP contribution in [0.5, 0.6) is 0 Å². The molecule has 2 heterocycles. The number of oxazole rings is 1. The number of sulfonamides is 1. The first-order valence-corrected chi connectivity index (χ1v) is 10.5. The van der Waals surface area contributed by atoms with Crippen molar-refractivity contribution in [3.63, 3.8) is 0 Å². The summed E-state index contributed by atoms with van der Waals surface area (Å²) in [5.41, 5.74) is 1.54. The van der Waals surface area contributed by atoms with Gasteiger partial charge in [-0.1, -0.05) is 12.1 Å². The van der Waals surface area contributed by atoms with Crippen LogP contribution in [0.1, 0.15) is 12.8 Å². The van der Waals surface area contributed by atoms with E-state index in [9.17, 15) is 17.2 Å². The molecule has 0 radical (unpaired) electrons. The van der Waals surface area contributed by atoms with Gasteiger partial charge in [-0.15, -0.1) is 0 Å². The third kappa shape index (κ3) is 3.85. The van der Waals surface area contributed by atoms with Gasteiger partial charge in [0.15, 0.2) is 17.2 Å². The van der Waals surface area contributed by atoms with E-state index in [2.05, 4.69) is 9.71 Å². The Morgan fingerprint density at radius 2 is 1.86 bits per heavy atom. The van der Waals surface area contributed by atoms with Crippen LogP contribution in [0.15, 0.2) is 51.8 Å². The molecule has 1 aromatic heterocycles. The average Bonchev–Trinajstić information content (AvgIpc) is 3.13. The van der Waals surface area contributed by atoms with Crippen LogP contribution in [0.2, 0.25) is 0 Å². The molecule has 0 bridgehead atoms. The van der Waals surface area contributed by atoms with E-state index in [0.717, 1.165) is 36.1 Å². The predicted molar refractivity (Wildman–Crippen MR) is 100 cm³/mol. The zero-order valence-corrected chi connectivity index (χ0v) is 15.8. The van der Waals surface area contributed by atoms with Crippen LogP contribution in [-0.2, 0) is 10.0 Å². The first kappa shape index (κ1) is 18.8. The van der Waals surface area contributed by atoms with Gasteiger partial charge in [0.25, 0.3) is 6.01 Å². The number of hydrogen-bond acceptors (Lipinski definition) is 5. The number of para-hydroxylation sites is 2. The summed E-state index contributed by atoms with van der Waals surface area (Å²) >= 11 is 0. The minimum Gasteiger partial charge on any atom is -0.423 e. The van der Waals surface area contributed by atoms with Crippen LogP contribution in [0, 0.1) is 17.6 Å². The molecule has 1 aliphatic heterocycles. The molecule has 1 fully saturated rings. The van der Waals surface area contributed by atoms with Gasteiger partial charge >= 0.3 is 0 Å². The Morgan fingerprint density at radius 1 is 1.11 bits per heavy atom. The van der Waals surface area contributed by atoms with Crippen molar-refractivity contribution in [2.45, 2.75) is 17.7 Å². The van der Waals surface area contributed by atoms with E-state index in [-0.39, 0.29) is 17.4 Å². The Balaban J connectivity index is 1.34. The van der Waals surface area contributed by atoms with E-state index < -0.39 is 21.7 Å². The van der Waals surface area contributed by atoms with Crippen LogP contribution in [0.3, 0.4) is 0 Å². The van der Waals surface area contributed by atoms with Crippen LogP contribution in [0.25, 0.3) is 11.1 Å². The number of hydrogen-bond donors (Lipinski definition) is 1. The number of nitrogens with zero attached hydrogens (tertiary/aromatic N) is 2. The van der Waals surface area contributed by atoms with E-state index in [0.29, 0.717) is 25.2 Å². The molecular formula is C19H19F2N3O3S. The molecule has 0 aliphatic carbocycles. The van der Waals surface area contributed by atoms with E-state index in [1.807, 2.05) is 29.2 Å². The second-order valence-corrected chi connectivity index (χ2v) is 8.59. The number of rotatable bonds is 5. The molecule has 1 saturated heterocycles. The normalized spacial score (nSPS) is 16.0. The molecular weight excluding hydrogens is 388 g/mol. The van der Waals surface area contributed by atoms with Gasteiger partial charge in [0, 0.05) is 19.6 Å². The first-order valence-electron chi connectivity index (χ1n) is 8.97. The van der Waals surface area contributed by atoms with Gasteiger partial charge in [-0.3, -0.25) is 0 Å². The van der Waals surface area contributed by atoms with Crippen molar-refractivity contribution in [3.8, 4) is 0 Å². The molecule has 28 heavy (non-hydrogen) atoms. The Hall–Kier alpha value is -2.52. The third-order valence-electron chi connectivity index (χ3n) is 4.93. The Bertz CT molecular complexity index is 1060. The summed E-state index contributed by atoms with van der Waals surface area (Å²) < 4.78 is 59.1. The summed E-state index contributed by atoms with van der Waals surface area (Å²) in [5, 5.41) is 0. The van der Waals surface area contributed by atoms with Crippen LogP contribution in [-0.4, -0.2) is 33.0 Å². The monoisotopic (exact) mass is 407 g/mol. The van der Waals surface area contributed by atoms with Crippen LogP contribution >= 0.6 is 0 Å². The maximum absolute atomic E-state index is 13.3. The molecule has 1 aliphatic rings. The lowest BCUT2D eigenvalue weighted by Crippen LogP contribution is -2.38. The highest BCUT2D eigenvalue weighted by molar-refractivity contribution is 7.89. The van der Waals surface area contributed by atoms with E-state index >= 15 is 0 Å². The minimum atomic E-state index is -3.88. The highest BCUT2D eigenvalue weighted by atomic mass is 32.2. The van der Waals surface area contributed by atoms with Crippen molar-refractivity contribution in [2.24, 2.45) is 5.92 Å². The summed E-state index contributed by atoms with van der Waals surface area (Å²) in [7, 11) is -3.88. The SMILES string of the molecule is O=S(=O)(NCC1CCN(c2nc3ccccc3o2)CC1)c1ccc(F)c(F)c1. The van der Waals surface area contributed by atoms with Crippen molar-refractivity contribution in [3.05, 3.63) is 54.1 Å². The fourth-order valence-electron chi connectivity index (χ4n) is 3.28.